The minimum absolute atomic E-state index is 0.128. The average molecular weight is 179 g/mol. The van der Waals surface area contributed by atoms with Crippen molar-refractivity contribution in [3.8, 4) is 0 Å². The normalized spacial score (nSPS) is 11.8. The Balaban J connectivity index is 3.15. The number of hydrogen-bond acceptors (Lipinski definition) is 3. The highest BCUT2D eigenvalue weighted by molar-refractivity contribution is 5.13. The van der Waals surface area contributed by atoms with Crippen molar-refractivity contribution in [3.63, 3.8) is 0 Å². The first-order valence-electron chi connectivity index (χ1n) is 4.48. The van der Waals surface area contributed by atoms with E-state index in [0.717, 1.165) is 17.2 Å². The molecule has 0 fully saturated rings. The predicted molar refractivity (Wildman–Crippen MR) is 53.6 cm³/mol. The van der Waals surface area contributed by atoms with Crippen LogP contribution in [0.2, 0.25) is 0 Å². The van der Waals surface area contributed by atoms with Crippen LogP contribution in [0, 0.1) is 13.8 Å². The first kappa shape index (κ1) is 10.1. The number of nitrogens with zero attached hydrogens (tertiary/aromatic N) is 2. The molecule has 0 bridgehead atoms. The predicted octanol–water partition coefficient (Wildman–Crippen LogP) is 1.33. The maximum absolute atomic E-state index is 5.66. The third-order valence-corrected chi connectivity index (χ3v) is 2.10. The highest BCUT2D eigenvalue weighted by Crippen LogP contribution is 2.17. The molecule has 3 nitrogen and oxygen atoms in total. The van der Waals surface area contributed by atoms with Crippen molar-refractivity contribution in [2.45, 2.75) is 33.1 Å². The van der Waals surface area contributed by atoms with Gasteiger partial charge in [0, 0.05) is 23.3 Å². The lowest BCUT2D eigenvalue weighted by Gasteiger charge is -2.20. The molecule has 2 N–H and O–H groups in total. The summed E-state index contributed by atoms with van der Waals surface area (Å²) in [6.45, 7) is 8.63. The molecule has 0 unspecified atom stereocenters. The van der Waals surface area contributed by atoms with E-state index in [9.17, 15) is 0 Å². The van der Waals surface area contributed by atoms with Gasteiger partial charge in [-0.25, -0.2) is 9.97 Å². The second kappa shape index (κ2) is 3.42. The number of hydrogen-bond donors (Lipinski definition) is 1. The molecular weight excluding hydrogens is 162 g/mol. The minimum Gasteiger partial charge on any atom is -0.329 e. The molecule has 0 spiro atoms. The van der Waals surface area contributed by atoms with Crippen molar-refractivity contribution in [1.29, 1.82) is 0 Å². The summed E-state index contributed by atoms with van der Waals surface area (Å²) in [7, 11) is 0. The highest BCUT2D eigenvalue weighted by Gasteiger charge is 2.22. The molecule has 0 aliphatic carbocycles. The summed E-state index contributed by atoms with van der Waals surface area (Å²) in [5, 5.41) is 0. The van der Waals surface area contributed by atoms with Crippen LogP contribution >= 0.6 is 0 Å². The van der Waals surface area contributed by atoms with Crippen LogP contribution in [-0.2, 0) is 5.41 Å². The van der Waals surface area contributed by atoms with Gasteiger partial charge in [-0.05, 0) is 19.9 Å². The average Bonchev–Trinajstić information content (AvgIpc) is 2.02. The van der Waals surface area contributed by atoms with Gasteiger partial charge in [-0.15, -0.1) is 0 Å². The first-order chi connectivity index (χ1) is 5.95. The molecule has 1 heterocycles. The summed E-state index contributed by atoms with van der Waals surface area (Å²) in [4.78, 5) is 8.77. The van der Waals surface area contributed by atoms with E-state index in [2.05, 4.69) is 23.8 Å². The Morgan fingerprint density at radius 3 is 2.08 bits per heavy atom. The van der Waals surface area contributed by atoms with Crippen molar-refractivity contribution in [1.82, 2.24) is 9.97 Å². The Kier molecular flexibility index (Phi) is 2.66. The summed E-state index contributed by atoms with van der Waals surface area (Å²) in [5.41, 5.74) is 7.54. The van der Waals surface area contributed by atoms with Gasteiger partial charge >= 0.3 is 0 Å². The summed E-state index contributed by atoms with van der Waals surface area (Å²) in [6.07, 6.45) is 0. The van der Waals surface area contributed by atoms with E-state index in [1.54, 1.807) is 0 Å². The van der Waals surface area contributed by atoms with Gasteiger partial charge in [0.25, 0.3) is 0 Å². The van der Waals surface area contributed by atoms with Gasteiger partial charge in [0.05, 0.1) is 0 Å². The zero-order valence-corrected chi connectivity index (χ0v) is 8.76. The highest BCUT2D eigenvalue weighted by atomic mass is 14.9. The lowest BCUT2D eigenvalue weighted by atomic mass is 9.92. The molecule has 0 aromatic carbocycles. The van der Waals surface area contributed by atoms with Crippen molar-refractivity contribution in [2.75, 3.05) is 6.54 Å². The van der Waals surface area contributed by atoms with E-state index in [4.69, 9.17) is 5.73 Å². The molecule has 0 saturated heterocycles. The zero-order valence-electron chi connectivity index (χ0n) is 8.76. The van der Waals surface area contributed by atoms with Crippen molar-refractivity contribution in [3.05, 3.63) is 23.3 Å². The molecule has 13 heavy (non-hydrogen) atoms. The number of aryl methyl sites for hydroxylation is 2. The molecule has 1 rings (SSSR count). The van der Waals surface area contributed by atoms with Crippen LogP contribution in [0.25, 0.3) is 0 Å². The van der Waals surface area contributed by atoms with E-state index in [1.807, 2.05) is 19.9 Å². The number of aromatic nitrogens is 2. The summed E-state index contributed by atoms with van der Waals surface area (Å²) in [5.74, 6) is 0.840. The topological polar surface area (TPSA) is 51.8 Å². The first-order valence-corrected chi connectivity index (χ1v) is 4.48. The molecule has 1 aromatic rings. The van der Waals surface area contributed by atoms with Gasteiger partial charge in [0.15, 0.2) is 0 Å². The van der Waals surface area contributed by atoms with Gasteiger partial charge in [0.1, 0.15) is 5.82 Å². The van der Waals surface area contributed by atoms with Crippen molar-refractivity contribution >= 4 is 0 Å². The Morgan fingerprint density at radius 2 is 1.69 bits per heavy atom. The fourth-order valence-electron chi connectivity index (χ4n) is 1.12. The van der Waals surface area contributed by atoms with Gasteiger partial charge in [-0.1, -0.05) is 13.8 Å². The maximum Gasteiger partial charge on any atom is 0.135 e. The third kappa shape index (κ3) is 2.25. The fraction of sp³-hybridized carbons (Fsp3) is 0.600. The standard InChI is InChI=1S/C10H17N3/c1-7-5-8(2)13-9(12-7)10(3,4)6-11/h5H,6,11H2,1-4H3. The van der Waals surface area contributed by atoms with E-state index < -0.39 is 0 Å². The largest absolute Gasteiger partial charge is 0.329 e. The van der Waals surface area contributed by atoms with Gasteiger partial charge in [-0.3, -0.25) is 0 Å². The molecule has 0 aliphatic rings. The molecule has 0 atom stereocenters. The Labute approximate surface area is 79.4 Å². The smallest absolute Gasteiger partial charge is 0.135 e. The molecule has 0 aliphatic heterocycles. The van der Waals surface area contributed by atoms with Crippen molar-refractivity contribution < 1.29 is 0 Å². The molecular formula is C10H17N3. The lowest BCUT2D eigenvalue weighted by Crippen LogP contribution is -2.30. The van der Waals surface area contributed by atoms with Crippen LogP contribution in [0.5, 0.6) is 0 Å². The Bertz CT molecular complexity index is 285. The van der Waals surface area contributed by atoms with Gasteiger partial charge in [0.2, 0.25) is 0 Å². The van der Waals surface area contributed by atoms with Crippen molar-refractivity contribution in [2.24, 2.45) is 5.73 Å². The third-order valence-electron chi connectivity index (χ3n) is 2.10. The van der Waals surface area contributed by atoms with E-state index in [-0.39, 0.29) is 5.41 Å². The Hall–Kier alpha value is -0.960. The van der Waals surface area contributed by atoms with Crippen LogP contribution in [0.3, 0.4) is 0 Å². The van der Waals surface area contributed by atoms with E-state index in [0.29, 0.717) is 6.54 Å². The second-order valence-corrected chi connectivity index (χ2v) is 4.06. The molecule has 0 amide bonds. The molecule has 0 saturated carbocycles. The van der Waals surface area contributed by atoms with Crippen LogP contribution in [-0.4, -0.2) is 16.5 Å². The van der Waals surface area contributed by atoms with Crippen LogP contribution in [0.1, 0.15) is 31.1 Å². The van der Waals surface area contributed by atoms with Crippen LogP contribution in [0.15, 0.2) is 6.07 Å². The minimum atomic E-state index is -0.128. The monoisotopic (exact) mass is 179 g/mol. The molecule has 1 aromatic heterocycles. The van der Waals surface area contributed by atoms with Gasteiger partial charge in [-0.2, -0.15) is 0 Å². The van der Waals surface area contributed by atoms with Gasteiger partial charge < -0.3 is 5.73 Å². The molecule has 72 valence electrons. The van der Waals surface area contributed by atoms with Crippen LogP contribution in [0.4, 0.5) is 0 Å². The Morgan fingerprint density at radius 1 is 1.23 bits per heavy atom. The van der Waals surface area contributed by atoms with Crippen LogP contribution < -0.4 is 5.73 Å². The summed E-state index contributed by atoms with van der Waals surface area (Å²) >= 11 is 0. The molecule has 0 radical (unpaired) electrons. The molecule has 3 heteroatoms. The summed E-state index contributed by atoms with van der Waals surface area (Å²) in [6, 6.07) is 1.97. The quantitative estimate of drug-likeness (QED) is 0.745. The second-order valence-electron chi connectivity index (χ2n) is 4.06. The maximum atomic E-state index is 5.66. The zero-order chi connectivity index (χ0) is 10.1. The van der Waals surface area contributed by atoms with E-state index >= 15 is 0 Å². The van der Waals surface area contributed by atoms with E-state index in [1.165, 1.54) is 0 Å². The summed E-state index contributed by atoms with van der Waals surface area (Å²) < 4.78 is 0. The number of rotatable bonds is 2. The SMILES string of the molecule is Cc1cc(C)nc(C(C)(C)CN)n1. The number of nitrogens with two attached hydrogens (primary N) is 1. The fourth-order valence-corrected chi connectivity index (χ4v) is 1.12. The lowest BCUT2D eigenvalue weighted by molar-refractivity contribution is 0.499.